The highest BCUT2D eigenvalue weighted by molar-refractivity contribution is 7.91. The Morgan fingerprint density at radius 2 is 1.76 bits per heavy atom. The summed E-state index contributed by atoms with van der Waals surface area (Å²) >= 11 is 0. The first-order valence-corrected chi connectivity index (χ1v) is 8.83. The Morgan fingerprint density at radius 3 is 2.24 bits per heavy atom. The monoisotopic (exact) mass is 313 g/mol. The van der Waals surface area contributed by atoms with Crippen molar-refractivity contribution < 1.29 is 17.9 Å². The Kier molecular flexibility index (Phi) is 6.68. The van der Waals surface area contributed by atoms with Crippen molar-refractivity contribution in [2.75, 3.05) is 30.3 Å². The zero-order valence-corrected chi connectivity index (χ0v) is 13.6. The van der Waals surface area contributed by atoms with Gasteiger partial charge in [-0.05, 0) is 44.5 Å². The van der Waals surface area contributed by atoms with E-state index in [0.29, 0.717) is 24.5 Å². The highest BCUT2D eigenvalue weighted by Crippen LogP contribution is 2.19. The fourth-order valence-electron chi connectivity index (χ4n) is 2.00. The van der Waals surface area contributed by atoms with E-state index in [0.717, 1.165) is 5.69 Å². The largest absolute Gasteiger partial charge is 0.465 e. The van der Waals surface area contributed by atoms with E-state index >= 15 is 0 Å². The summed E-state index contributed by atoms with van der Waals surface area (Å²) in [6.45, 7) is 6.68. The van der Waals surface area contributed by atoms with Gasteiger partial charge >= 0.3 is 5.97 Å². The minimum Gasteiger partial charge on any atom is -0.465 e. The first kappa shape index (κ1) is 17.5. The van der Waals surface area contributed by atoms with Crippen molar-refractivity contribution in [2.45, 2.75) is 32.1 Å². The molecular formula is C15H23NO4S. The van der Waals surface area contributed by atoms with Gasteiger partial charge in [0.1, 0.15) is 6.54 Å². The molecule has 0 aromatic heterocycles. The van der Waals surface area contributed by atoms with Crippen molar-refractivity contribution in [1.29, 1.82) is 0 Å². The molecule has 6 heteroatoms. The second-order valence-corrected chi connectivity index (χ2v) is 6.74. The first-order chi connectivity index (χ1) is 9.94. The highest BCUT2D eigenvalue weighted by atomic mass is 32.2. The Bertz CT molecular complexity index is 552. The summed E-state index contributed by atoms with van der Waals surface area (Å²) in [4.78, 5) is 13.7. The molecule has 1 aromatic rings. The quantitative estimate of drug-likeness (QED) is 0.689. The van der Waals surface area contributed by atoms with Crippen LogP contribution in [0.3, 0.4) is 0 Å². The number of sulfone groups is 1. The highest BCUT2D eigenvalue weighted by Gasteiger charge is 2.15. The summed E-state index contributed by atoms with van der Waals surface area (Å²) in [6, 6.07) is 6.64. The van der Waals surface area contributed by atoms with E-state index in [-0.39, 0.29) is 18.3 Å². The van der Waals surface area contributed by atoms with Gasteiger partial charge in [0.25, 0.3) is 0 Å². The third-order valence-corrected chi connectivity index (χ3v) is 4.98. The fourth-order valence-corrected chi connectivity index (χ4v) is 3.32. The van der Waals surface area contributed by atoms with Crippen LogP contribution in [-0.4, -0.2) is 39.8 Å². The van der Waals surface area contributed by atoms with E-state index in [1.165, 1.54) is 0 Å². The number of ether oxygens (including phenoxy) is 1. The second kappa shape index (κ2) is 8.02. The number of anilines is 1. The average Bonchev–Trinajstić information content (AvgIpc) is 2.45. The van der Waals surface area contributed by atoms with Crippen LogP contribution in [0.2, 0.25) is 0 Å². The molecule has 0 saturated carbocycles. The molecule has 0 amide bonds. The second-order valence-electron chi connectivity index (χ2n) is 4.63. The van der Waals surface area contributed by atoms with Crippen LogP contribution < -0.4 is 4.90 Å². The molecule has 0 N–H and O–H groups in total. The van der Waals surface area contributed by atoms with Crippen molar-refractivity contribution >= 4 is 21.5 Å². The van der Waals surface area contributed by atoms with E-state index in [9.17, 15) is 13.2 Å². The molecule has 0 aliphatic rings. The number of carbonyl (C=O) groups is 1. The van der Waals surface area contributed by atoms with E-state index in [1.54, 1.807) is 31.2 Å². The van der Waals surface area contributed by atoms with Crippen molar-refractivity contribution in [3.63, 3.8) is 0 Å². The molecule has 1 aromatic carbocycles. The number of esters is 1. The first-order valence-electron chi connectivity index (χ1n) is 7.18. The summed E-state index contributed by atoms with van der Waals surface area (Å²) in [5.74, 6) is -0.144. The van der Waals surface area contributed by atoms with Crippen molar-refractivity contribution in [3.8, 4) is 0 Å². The summed E-state index contributed by atoms with van der Waals surface area (Å²) in [5, 5.41) is 0. The number of carbonyl (C=O) groups excluding carboxylic acids is 1. The van der Waals surface area contributed by atoms with Crippen molar-refractivity contribution in [3.05, 3.63) is 24.3 Å². The van der Waals surface area contributed by atoms with Crippen LogP contribution in [0.4, 0.5) is 5.69 Å². The lowest BCUT2D eigenvalue weighted by Crippen LogP contribution is -2.30. The van der Waals surface area contributed by atoms with Gasteiger partial charge in [0.15, 0.2) is 9.84 Å². The molecular weight excluding hydrogens is 290 g/mol. The van der Waals surface area contributed by atoms with Gasteiger partial charge in [-0.1, -0.05) is 6.92 Å². The van der Waals surface area contributed by atoms with Gasteiger partial charge in [-0.25, -0.2) is 8.42 Å². The van der Waals surface area contributed by atoms with Gasteiger partial charge in [0.05, 0.1) is 17.3 Å². The molecule has 0 fully saturated rings. The summed E-state index contributed by atoms with van der Waals surface area (Å²) in [7, 11) is -3.20. The lowest BCUT2D eigenvalue weighted by atomic mass is 10.3. The van der Waals surface area contributed by atoms with E-state index in [1.807, 2.05) is 18.7 Å². The zero-order valence-electron chi connectivity index (χ0n) is 12.8. The topological polar surface area (TPSA) is 63.7 Å². The van der Waals surface area contributed by atoms with Crippen molar-refractivity contribution in [1.82, 2.24) is 0 Å². The van der Waals surface area contributed by atoms with Gasteiger partial charge in [-0.2, -0.15) is 0 Å². The minimum absolute atomic E-state index is 0.146. The maximum Gasteiger partial charge on any atom is 0.325 e. The zero-order chi connectivity index (χ0) is 15.9. The maximum absolute atomic E-state index is 12.0. The molecule has 0 atom stereocenters. The van der Waals surface area contributed by atoms with Gasteiger partial charge in [0, 0.05) is 12.2 Å². The van der Waals surface area contributed by atoms with Crippen LogP contribution in [0.15, 0.2) is 29.2 Å². The Balaban J connectivity index is 2.87. The lowest BCUT2D eigenvalue weighted by molar-refractivity contribution is -0.141. The maximum atomic E-state index is 12.0. The molecule has 0 aliphatic carbocycles. The van der Waals surface area contributed by atoms with Gasteiger partial charge in [-0.15, -0.1) is 0 Å². The molecule has 1 rings (SSSR count). The minimum atomic E-state index is -3.20. The number of hydrogen-bond acceptors (Lipinski definition) is 5. The van der Waals surface area contributed by atoms with Gasteiger partial charge in [0.2, 0.25) is 0 Å². The fraction of sp³-hybridized carbons (Fsp3) is 0.533. The molecule has 0 unspecified atom stereocenters. The van der Waals surface area contributed by atoms with Gasteiger partial charge < -0.3 is 9.64 Å². The number of benzene rings is 1. The molecule has 0 saturated heterocycles. The molecule has 0 spiro atoms. The van der Waals surface area contributed by atoms with Crippen LogP contribution >= 0.6 is 0 Å². The van der Waals surface area contributed by atoms with Crippen LogP contribution in [-0.2, 0) is 19.4 Å². The molecule has 0 radical (unpaired) electrons. The molecule has 21 heavy (non-hydrogen) atoms. The molecule has 118 valence electrons. The van der Waals surface area contributed by atoms with Gasteiger partial charge in [-0.3, -0.25) is 4.79 Å². The van der Waals surface area contributed by atoms with Crippen molar-refractivity contribution in [2.24, 2.45) is 0 Å². The number of rotatable bonds is 8. The summed E-state index contributed by atoms with van der Waals surface area (Å²) in [6.07, 6.45) is 0.591. The SMILES string of the molecule is CCCS(=O)(=O)c1ccc(N(CC)CC(=O)OCC)cc1. The Morgan fingerprint density at radius 1 is 1.14 bits per heavy atom. The van der Waals surface area contributed by atoms with E-state index in [2.05, 4.69) is 0 Å². The predicted molar refractivity (Wildman–Crippen MR) is 83.3 cm³/mol. The number of likely N-dealkylation sites (N-methyl/N-ethyl adjacent to an activating group) is 1. The van der Waals surface area contributed by atoms with Crippen LogP contribution in [0.25, 0.3) is 0 Å². The summed E-state index contributed by atoms with van der Waals surface area (Å²) < 4.78 is 28.8. The third kappa shape index (κ3) is 5.04. The lowest BCUT2D eigenvalue weighted by Gasteiger charge is -2.22. The standard InChI is InChI=1S/C15H23NO4S/c1-4-11-21(18,19)14-9-7-13(8-10-14)16(5-2)12-15(17)20-6-3/h7-10H,4-6,11-12H2,1-3H3. The van der Waals surface area contributed by atoms with Crippen LogP contribution in [0.5, 0.6) is 0 Å². The smallest absolute Gasteiger partial charge is 0.325 e. The molecule has 0 heterocycles. The summed E-state index contributed by atoms with van der Waals surface area (Å²) in [5.41, 5.74) is 0.806. The van der Waals surface area contributed by atoms with E-state index < -0.39 is 9.84 Å². The number of nitrogens with zero attached hydrogens (tertiary/aromatic N) is 1. The molecule has 0 aliphatic heterocycles. The molecule has 0 bridgehead atoms. The average molecular weight is 313 g/mol. The predicted octanol–water partition coefficient (Wildman–Crippen LogP) is 2.26. The third-order valence-electron chi connectivity index (χ3n) is 3.04. The van der Waals surface area contributed by atoms with E-state index in [4.69, 9.17) is 4.74 Å². The normalized spacial score (nSPS) is 11.2. The Labute approximate surface area is 126 Å². The van der Waals surface area contributed by atoms with Crippen LogP contribution in [0, 0.1) is 0 Å². The Hall–Kier alpha value is -1.56. The molecule has 5 nitrogen and oxygen atoms in total. The number of hydrogen-bond donors (Lipinski definition) is 0. The van der Waals surface area contributed by atoms with Crippen LogP contribution in [0.1, 0.15) is 27.2 Å².